The molecule has 3 nitrogen and oxygen atoms in total. The number of aryl methyl sites for hydroxylation is 1. The van der Waals surface area contributed by atoms with Crippen molar-refractivity contribution in [1.82, 2.24) is 5.32 Å². The Labute approximate surface area is 212 Å². The molecule has 0 aromatic heterocycles. The first kappa shape index (κ1) is 27.5. The number of alkyl halides is 3. The Balaban J connectivity index is 1.40. The minimum Gasteiger partial charge on any atom is -0.322 e. The van der Waals surface area contributed by atoms with Gasteiger partial charge in [0.1, 0.15) is 0 Å². The zero-order valence-electron chi connectivity index (χ0n) is 20.8. The van der Waals surface area contributed by atoms with Crippen LogP contribution in [-0.2, 0) is 25.7 Å². The van der Waals surface area contributed by atoms with E-state index in [1.165, 1.54) is 56.2 Å². The summed E-state index contributed by atoms with van der Waals surface area (Å²) in [5.74, 6) is -0.164. The summed E-state index contributed by atoms with van der Waals surface area (Å²) in [5, 5.41) is 6.16. The first-order valence-electron chi connectivity index (χ1n) is 12.7. The van der Waals surface area contributed by atoms with Crippen molar-refractivity contribution in [3.63, 3.8) is 0 Å². The van der Waals surface area contributed by atoms with Gasteiger partial charge in [0.2, 0.25) is 0 Å². The smallest absolute Gasteiger partial charge is 0.322 e. The number of hydrogen-bond donors (Lipinski definition) is 2. The summed E-state index contributed by atoms with van der Waals surface area (Å²) in [4.78, 5) is 12.6. The number of carbonyl (C=O) groups is 1. The Morgan fingerprint density at radius 2 is 1.22 bits per heavy atom. The van der Waals surface area contributed by atoms with Gasteiger partial charge in [0, 0.05) is 24.3 Å². The lowest BCUT2D eigenvalue weighted by Crippen LogP contribution is -2.14. The maximum absolute atomic E-state index is 12.7. The predicted octanol–water partition coefficient (Wildman–Crippen LogP) is 8.15. The van der Waals surface area contributed by atoms with Gasteiger partial charge in [-0.3, -0.25) is 4.79 Å². The van der Waals surface area contributed by atoms with Crippen LogP contribution in [0.4, 0.5) is 18.9 Å². The van der Waals surface area contributed by atoms with Crippen molar-refractivity contribution in [2.45, 2.75) is 71.1 Å². The van der Waals surface area contributed by atoms with Gasteiger partial charge in [0.25, 0.3) is 5.91 Å². The van der Waals surface area contributed by atoms with E-state index in [2.05, 4.69) is 29.7 Å². The molecule has 0 fully saturated rings. The monoisotopic (exact) mass is 496 g/mol. The average Bonchev–Trinajstić information content (AvgIpc) is 2.87. The molecule has 0 aliphatic heterocycles. The number of nitrogens with one attached hydrogen (secondary N) is 2. The third-order valence-corrected chi connectivity index (χ3v) is 6.19. The standard InChI is InChI=1S/C30H35F3N2O/c1-2-3-4-5-6-7-8-23-13-19-28(20-14-23)35-29(36)26-15-9-24(10-16-26)21-34-22-25-11-17-27(18-12-25)30(31,32)33/h9-20,34H,2-8,21-22H2,1H3,(H,35,36). The number of unbranched alkanes of at least 4 members (excludes halogenated alkanes) is 5. The molecule has 3 aromatic rings. The summed E-state index contributed by atoms with van der Waals surface area (Å²) in [5.41, 5.74) is 3.74. The van der Waals surface area contributed by atoms with Crippen LogP contribution in [0.2, 0.25) is 0 Å². The maximum Gasteiger partial charge on any atom is 0.416 e. The summed E-state index contributed by atoms with van der Waals surface area (Å²) >= 11 is 0. The summed E-state index contributed by atoms with van der Waals surface area (Å²) in [6.07, 6.45) is 4.41. The molecule has 0 spiro atoms. The molecule has 3 aromatic carbocycles. The van der Waals surface area contributed by atoms with E-state index in [9.17, 15) is 18.0 Å². The number of rotatable bonds is 13. The highest BCUT2D eigenvalue weighted by Gasteiger charge is 2.29. The number of halogens is 3. The fourth-order valence-corrected chi connectivity index (χ4v) is 4.00. The minimum atomic E-state index is -4.32. The summed E-state index contributed by atoms with van der Waals surface area (Å²) < 4.78 is 38.0. The molecule has 0 saturated heterocycles. The Morgan fingerprint density at radius 1 is 0.694 bits per heavy atom. The summed E-state index contributed by atoms with van der Waals surface area (Å²) in [7, 11) is 0. The van der Waals surface area contributed by atoms with E-state index in [-0.39, 0.29) is 5.91 Å². The SMILES string of the molecule is CCCCCCCCc1ccc(NC(=O)c2ccc(CNCc3ccc(C(F)(F)F)cc3)cc2)cc1. The number of amides is 1. The van der Waals surface area contributed by atoms with Gasteiger partial charge in [-0.15, -0.1) is 0 Å². The van der Waals surface area contributed by atoms with E-state index >= 15 is 0 Å². The fraction of sp³-hybridized carbons (Fsp3) is 0.367. The summed E-state index contributed by atoms with van der Waals surface area (Å²) in [6, 6.07) is 20.5. The van der Waals surface area contributed by atoms with Crippen LogP contribution >= 0.6 is 0 Å². The largest absolute Gasteiger partial charge is 0.416 e. The molecule has 1 amide bonds. The van der Waals surface area contributed by atoms with Crippen molar-refractivity contribution in [2.24, 2.45) is 0 Å². The Bertz CT molecular complexity index is 1060. The van der Waals surface area contributed by atoms with Crippen molar-refractivity contribution < 1.29 is 18.0 Å². The van der Waals surface area contributed by atoms with Crippen LogP contribution in [0.5, 0.6) is 0 Å². The molecule has 192 valence electrons. The van der Waals surface area contributed by atoms with Crippen molar-refractivity contribution in [3.05, 3.63) is 101 Å². The molecule has 2 N–H and O–H groups in total. The second-order valence-electron chi connectivity index (χ2n) is 9.16. The van der Waals surface area contributed by atoms with E-state index < -0.39 is 11.7 Å². The van der Waals surface area contributed by atoms with Crippen LogP contribution in [0.1, 0.15) is 78.1 Å². The molecule has 6 heteroatoms. The molecule has 0 atom stereocenters. The third kappa shape index (κ3) is 9.15. The highest BCUT2D eigenvalue weighted by Crippen LogP contribution is 2.29. The van der Waals surface area contributed by atoms with Gasteiger partial charge in [-0.2, -0.15) is 13.2 Å². The molecule has 0 radical (unpaired) electrons. The van der Waals surface area contributed by atoms with E-state index in [0.717, 1.165) is 35.4 Å². The normalized spacial score (nSPS) is 11.4. The second kappa shape index (κ2) is 13.8. The number of anilines is 1. The van der Waals surface area contributed by atoms with Crippen LogP contribution in [0.25, 0.3) is 0 Å². The maximum atomic E-state index is 12.7. The van der Waals surface area contributed by atoms with Crippen molar-refractivity contribution in [1.29, 1.82) is 0 Å². The molecule has 0 heterocycles. The predicted molar refractivity (Wildman–Crippen MR) is 140 cm³/mol. The molecule has 36 heavy (non-hydrogen) atoms. The Hall–Kier alpha value is -3.12. The van der Waals surface area contributed by atoms with Gasteiger partial charge in [-0.05, 0) is 65.9 Å². The number of hydrogen-bond acceptors (Lipinski definition) is 2. The summed E-state index contributed by atoms with van der Waals surface area (Å²) in [6.45, 7) is 3.23. The van der Waals surface area contributed by atoms with Crippen LogP contribution in [-0.4, -0.2) is 5.91 Å². The Morgan fingerprint density at radius 3 is 1.81 bits per heavy atom. The average molecular weight is 497 g/mol. The van der Waals surface area contributed by atoms with Crippen molar-refractivity contribution in [2.75, 3.05) is 5.32 Å². The fourth-order valence-electron chi connectivity index (χ4n) is 4.00. The van der Waals surface area contributed by atoms with E-state index in [4.69, 9.17) is 0 Å². The van der Waals surface area contributed by atoms with E-state index in [1.807, 2.05) is 24.3 Å². The van der Waals surface area contributed by atoms with Gasteiger partial charge >= 0.3 is 6.18 Å². The second-order valence-corrected chi connectivity index (χ2v) is 9.16. The first-order chi connectivity index (χ1) is 17.3. The van der Waals surface area contributed by atoms with Gasteiger partial charge < -0.3 is 10.6 Å². The van der Waals surface area contributed by atoms with E-state index in [1.54, 1.807) is 12.1 Å². The van der Waals surface area contributed by atoms with Crippen LogP contribution in [0, 0.1) is 0 Å². The van der Waals surface area contributed by atoms with Crippen LogP contribution in [0.3, 0.4) is 0 Å². The Kier molecular flexibility index (Phi) is 10.6. The van der Waals surface area contributed by atoms with Crippen LogP contribution in [0.15, 0.2) is 72.8 Å². The van der Waals surface area contributed by atoms with Gasteiger partial charge in [0.05, 0.1) is 5.56 Å². The van der Waals surface area contributed by atoms with Gasteiger partial charge in [-0.1, -0.05) is 75.4 Å². The highest BCUT2D eigenvalue weighted by molar-refractivity contribution is 6.04. The van der Waals surface area contributed by atoms with Gasteiger partial charge in [0.15, 0.2) is 0 Å². The molecule has 0 unspecified atom stereocenters. The molecular formula is C30H35F3N2O. The zero-order valence-corrected chi connectivity index (χ0v) is 20.8. The lowest BCUT2D eigenvalue weighted by molar-refractivity contribution is -0.137. The number of benzene rings is 3. The molecular weight excluding hydrogens is 461 g/mol. The highest BCUT2D eigenvalue weighted by atomic mass is 19.4. The molecule has 0 bridgehead atoms. The topological polar surface area (TPSA) is 41.1 Å². The minimum absolute atomic E-state index is 0.164. The van der Waals surface area contributed by atoms with E-state index in [0.29, 0.717) is 18.7 Å². The van der Waals surface area contributed by atoms with Crippen molar-refractivity contribution >= 4 is 11.6 Å². The number of carbonyl (C=O) groups excluding carboxylic acids is 1. The quantitative estimate of drug-likeness (QED) is 0.234. The lowest BCUT2D eigenvalue weighted by atomic mass is 10.0. The zero-order chi connectivity index (χ0) is 25.8. The van der Waals surface area contributed by atoms with Crippen LogP contribution < -0.4 is 10.6 Å². The molecule has 0 aliphatic carbocycles. The van der Waals surface area contributed by atoms with Gasteiger partial charge in [-0.25, -0.2) is 0 Å². The molecule has 0 saturated carbocycles. The molecule has 3 rings (SSSR count). The molecule has 0 aliphatic rings. The first-order valence-corrected chi connectivity index (χ1v) is 12.7. The third-order valence-electron chi connectivity index (χ3n) is 6.19. The van der Waals surface area contributed by atoms with Crippen molar-refractivity contribution in [3.8, 4) is 0 Å². The lowest BCUT2D eigenvalue weighted by Gasteiger charge is -2.09.